The zero-order valence-electron chi connectivity index (χ0n) is 15.2. The van der Waals surface area contributed by atoms with Gasteiger partial charge in [0, 0.05) is 12.2 Å². The zero-order chi connectivity index (χ0) is 21.0. The molecule has 0 heterocycles. The smallest absolute Gasteiger partial charge is 0.873 e. The van der Waals surface area contributed by atoms with Crippen molar-refractivity contribution in [1.29, 1.82) is 0 Å². The number of carbonyl (C=O) groups is 3. The van der Waals surface area contributed by atoms with Gasteiger partial charge in [0.2, 0.25) is 0 Å². The first kappa shape index (κ1) is 28.8. The molecule has 0 spiro atoms. The van der Waals surface area contributed by atoms with E-state index in [4.69, 9.17) is 15.3 Å². The van der Waals surface area contributed by atoms with Crippen LogP contribution in [0.25, 0.3) is 0 Å². The van der Waals surface area contributed by atoms with E-state index in [1.54, 1.807) is 0 Å². The Bertz CT molecular complexity index is 662. The molecule has 27 heavy (non-hydrogen) atoms. The van der Waals surface area contributed by atoms with Crippen LogP contribution < -0.4 is 15.3 Å². The van der Waals surface area contributed by atoms with Gasteiger partial charge in [0.05, 0.1) is 17.1 Å². The van der Waals surface area contributed by atoms with Crippen molar-refractivity contribution in [3.05, 3.63) is 41.4 Å². The van der Waals surface area contributed by atoms with Gasteiger partial charge >= 0.3 is 23.3 Å². The summed E-state index contributed by atoms with van der Waals surface area (Å²) in [5.41, 5.74) is -0.454. The van der Waals surface area contributed by atoms with E-state index in [1.807, 2.05) is 0 Å². The minimum Gasteiger partial charge on any atom is -0.873 e. The van der Waals surface area contributed by atoms with Gasteiger partial charge in [0.25, 0.3) is 0 Å². The number of hydrogen-bond donors (Lipinski definition) is 3. The standard InChI is InChI=1S/C7H6O5.2C5H8O2.Al/c8-4-1-3(7(11)12)2-5(9)6(4)10;2*1-4(6)3-5(2)7;/h1-2,8-10H,(H,11,12);2*3,6H,1-2H3;/q;;;+3/p-3/b;2*4-3-;. The number of carbonyl (C=O) groups excluding carboxylic acids is 2. The number of hydrogen-bond acceptors (Lipinski definition) is 8. The number of aliphatic hydroxyl groups is 2. The van der Waals surface area contributed by atoms with Crippen molar-refractivity contribution in [3.63, 3.8) is 0 Å². The Morgan fingerprint density at radius 3 is 1.22 bits per heavy atom. The molecule has 9 nitrogen and oxygen atoms in total. The maximum absolute atomic E-state index is 10.6. The van der Waals surface area contributed by atoms with Gasteiger partial charge in [0.15, 0.2) is 11.6 Å². The molecule has 0 unspecified atom stereocenters. The minimum absolute atomic E-state index is 0. The summed E-state index contributed by atoms with van der Waals surface area (Å²) >= 11 is 0. The molecule has 0 radical (unpaired) electrons. The van der Waals surface area contributed by atoms with Crippen molar-refractivity contribution < 1.29 is 45.0 Å². The van der Waals surface area contributed by atoms with Gasteiger partial charge in [-0.3, -0.25) is 9.59 Å². The first-order valence-electron chi connectivity index (χ1n) is 6.95. The number of ketones is 2. The number of allylic oxidation sites excluding steroid dienone is 4. The predicted octanol–water partition coefficient (Wildman–Crippen LogP) is 0.299. The van der Waals surface area contributed by atoms with E-state index in [0.717, 1.165) is 0 Å². The SMILES string of the molecule is CC(=O)/C=C(/C)O.CC(=O)/C=C(/C)O.O=C(O)c1cc([O-])c([O-])c([O-])c1.[Al+3]. The number of carboxylic acid groups (broad SMARTS) is 1. The normalized spacial score (nSPS) is 10.2. The second-order valence-electron chi connectivity index (χ2n) is 4.90. The van der Waals surface area contributed by atoms with Gasteiger partial charge in [-0.05, 0) is 27.7 Å². The summed E-state index contributed by atoms with van der Waals surface area (Å²) < 4.78 is 0. The second-order valence-corrected chi connectivity index (χ2v) is 4.90. The molecule has 0 fully saturated rings. The van der Waals surface area contributed by atoms with E-state index in [2.05, 4.69) is 0 Å². The first-order chi connectivity index (χ1) is 11.8. The average Bonchev–Trinajstić information content (AvgIpc) is 2.42. The summed E-state index contributed by atoms with van der Waals surface area (Å²) in [4.78, 5) is 30.3. The third-order valence-electron chi connectivity index (χ3n) is 2.09. The molecule has 1 aromatic rings. The molecule has 3 N–H and O–H groups in total. The van der Waals surface area contributed by atoms with Crippen molar-refractivity contribution in [1.82, 2.24) is 0 Å². The maximum atomic E-state index is 10.6. The van der Waals surface area contributed by atoms with Crippen molar-refractivity contribution in [2.24, 2.45) is 0 Å². The summed E-state index contributed by atoms with van der Waals surface area (Å²) in [7, 11) is 0. The van der Waals surface area contributed by atoms with Crippen LogP contribution in [0.3, 0.4) is 0 Å². The number of carboxylic acids is 1. The van der Waals surface area contributed by atoms with Crippen molar-refractivity contribution in [2.45, 2.75) is 27.7 Å². The number of rotatable bonds is 3. The van der Waals surface area contributed by atoms with E-state index in [-0.39, 0.29) is 40.4 Å². The molecule has 10 heteroatoms. The van der Waals surface area contributed by atoms with Crippen LogP contribution in [0.1, 0.15) is 38.1 Å². The summed E-state index contributed by atoms with van der Waals surface area (Å²) in [5.74, 6) is -4.89. The summed E-state index contributed by atoms with van der Waals surface area (Å²) in [5, 5.41) is 56.8. The predicted molar refractivity (Wildman–Crippen MR) is 91.6 cm³/mol. The molecule has 0 saturated heterocycles. The van der Waals surface area contributed by atoms with Gasteiger partial charge in [0.1, 0.15) is 0 Å². The Morgan fingerprint density at radius 1 is 0.778 bits per heavy atom. The van der Waals surface area contributed by atoms with E-state index < -0.39 is 28.8 Å². The Balaban J connectivity index is -0.000000336. The summed E-state index contributed by atoms with van der Waals surface area (Å²) in [6.45, 7) is 5.70. The molecule has 0 aliphatic heterocycles. The molecule has 0 aliphatic rings. The van der Waals surface area contributed by atoms with E-state index in [1.165, 1.54) is 39.8 Å². The van der Waals surface area contributed by atoms with Crippen LogP contribution in [-0.2, 0) is 9.59 Å². The Morgan fingerprint density at radius 2 is 1.07 bits per heavy atom. The zero-order valence-corrected chi connectivity index (χ0v) is 16.3. The molecule has 0 atom stereocenters. The molecule has 1 rings (SSSR count). The molecule has 0 aromatic heterocycles. The van der Waals surface area contributed by atoms with Crippen LogP contribution in [0, 0.1) is 0 Å². The molecule has 0 saturated carbocycles. The minimum atomic E-state index is -1.40. The molecule has 0 amide bonds. The molecular weight excluding hydrogens is 375 g/mol. The van der Waals surface area contributed by atoms with Crippen molar-refractivity contribution >= 4 is 34.9 Å². The van der Waals surface area contributed by atoms with Crippen LogP contribution in [-0.4, -0.2) is 50.2 Å². The van der Waals surface area contributed by atoms with E-state index in [0.29, 0.717) is 12.1 Å². The average molecular weight is 394 g/mol. The number of aromatic carboxylic acids is 1. The van der Waals surface area contributed by atoms with Gasteiger partial charge in [-0.1, -0.05) is 12.1 Å². The fourth-order valence-corrected chi connectivity index (χ4v) is 1.29. The van der Waals surface area contributed by atoms with Gasteiger partial charge < -0.3 is 30.6 Å². The molecule has 1 aromatic carbocycles. The second kappa shape index (κ2) is 14.2. The van der Waals surface area contributed by atoms with Crippen LogP contribution in [0.4, 0.5) is 0 Å². The van der Waals surface area contributed by atoms with Crippen molar-refractivity contribution in [3.8, 4) is 17.2 Å². The monoisotopic (exact) mass is 394 g/mol. The Hall–Kier alpha value is -2.96. The van der Waals surface area contributed by atoms with Crippen LogP contribution in [0.15, 0.2) is 35.8 Å². The first-order valence-corrected chi connectivity index (χ1v) is 6.95. The van der Waals surface area contributed by atoms with E-state index in [9.17, 15) is 29.7 Å². The molecule has 144 valence electrons. The molecular formula is C17H19AlO9. The summed E-state index contributed by atoms with van der Waals surface area (Å²) in [6, 6.07) is 1.26. The maximum Gasteiger partial charge on any atom is 3.00 e. The number of benzene rings is 1. The van der Waals surface area contributed by atoms with Crippen LogP contribution in [0.2, 0.25) is 0 Å². The largest absolute Gasteiger partial charge is 3.00 e. The summed E-state index contributed by atoms with van der Waals surface area (Å²) in [6.07, 6.45) is 2.33. The van der Waals surface area contributed by atoms with Crippen LogP contribution >= 0.6 is 0 Å². The van der Waals surface area contributed by atoms with Crippen molar-refractivity contribution in [2.75, 3.05) is 0 Å². The number of aliphatic hydroxyl groups excluding tert-OH is 2. The Kier molecular flexibility index (Phi) is 15.2. The Labute approximate surface area is 166 Å². The van der Waals surface area contributed by atoms with E-state index >= 15 is 0 Å². The quantitative estimate of drug-likeness (QED) is 0.369. The third kappa shape index (κ3) is 16.3. The molecule has 0 aliphatic carbocycles. The topological polar surface area (TPSA) is 181 Å². The van der Waals surface area contributed by atoms with Gasteiger partial charge in [-0.15, -0.1) is 17.2 Å². The van der Waals surface area contributed by atoms with Gasteiger partial charge in [-0.25, -0.2) is 4.79 Å². The fourth-order valence-electron chi connectivity index (χ4n) is 1.29. The van der Waals surface area contributed by atoms with Gasteiger partial charge in [-0.2, -0.15) is 0 Å². The third-order valence-corrected chi connectivity index (χ3v) is 2.09. The fraction of sp³-hybridized carbons (Fsp3) is 0.235. The molecule has 0 bridgehead atoms. The van der Waals surface area contributed by atoms with Crippen LogP contribution in [0.5, 0.6) is 17.2 Å².